The molecule has 0 saturated carbocycles. The van der Waals surface area contributed by atoms with E-state index < -0.39 is 16.6 Å². The first-order valence-electron chi connectivity index (χ1n) is 8.51. The molecule has 0 atom stereocenters. The van der Waals surface area contributed by atoms with Crippen molar-refractivity contribution in [3.8, 4) is 0 Å². The summed E-state index contributed by atoms with van der Waals surface area (Å²) in [5, 5.41) is 0. The van der Waals surface area contributed by atoms with E-state index in [9.17, 15) is 0 Å². The Kier molecular flexibility index (Phi) is 15.5. The molecule has 0 bridgehead atoms. The molecule has 24 heavy (non-hydrogen) atoms. The Labute approximate surface area is 188 Å². The summed E-state index contributed by atoms with van der Waals surface area (Å²) in [5.41, 5.74) is 0. The van der Waals surface area contributed by atoms with Crippen LogP contribution in [0.4, 0.5) is 0 Å². The predicted octanol–water partition coefficient (Wildman–Crippen LogP) is -3.15. The zero-order valence-corrected chi connectivity index (χ0v) is 24.0. The van der Waals surface area contributed by atoms with E-state index in [1.54, 1.807) is 0 Å². The first-order valence-corrected chi connectivity index (χ1v) is 14.7. The maximum atomic E-state index is 6.25. The summed E-state index contributed by atoms with van der Waals surface area (Å²) >= 11 is 0. The van der Waals surface area contributed by atoms with E-state index in [0.717, 1.165) is 35.3 Å². The van der Waals surface area contributed by atoms with Crippen LogP contribution in [0.25, 0.3) is 0 Å². The smallest absolute Gasteiger partial charge is 0.186 e. The molecule has 0 aromatic heterocycles. The fraction of sp³-hybridized carbons (Fsp3) is 1.00. The van der Waals surface area contributed by atoms with Gasteiger partial charge in [0.05, 0.1) is 55.5 Å². The zero-order chi connectivity index (χ0) is 17.7. The summed E-state index contributed by atoms with van der Waals surface area (Å²) < 4.78 is 14.4. The molecule has 0 radical (unpaired) electrons. The van der Waals surface area contributed by atoms with E-state index in [0.29, 0.717) is 0 Å². The largest absolute Gasteiger partial charge is 1.00 e. The number of rotatable bonds is 11. The second kappa shape index (κ2) is 12.2. The van der Waals surface area contributed by atoms with Crippen molar-refractivity contribution in [2.45, 2.75) is 38.3 Å². The molecule has 0 fully saturated rings. The zero-order valence-electron chi connectivity index (χ0n) is 17.7. The van der Waals surface area contributed by atoms with Gasteiger partial charge in [0.15, 0.2) is 16.6 Å². The van der Waals surface area contributed by atoms with Gasteiger partial charge in [-0.1, -0.05) is 0 Å². The van der Waals surface area contributed by atoms with Gasteiger partial charge in [-0.3, -0.25) is 0 Å². The van der Waals surface area contributed by atoms with Crippen LogP contribution in [0.5, 0.6) is 0 Å². The van der Waals surface area contributed by atoms with Crippen molar-refractivity contribution in [2.24, 2.45) is 0 Å². The topological polar surface area (TPSA) is 18.5 Å². The number of hydrogen-bond acceptors (Lipinski definition) is 2. The lowest BCUT2D eigenvalue weighted by atomic mass is 10.5. The third-order valence-corrected chi connectivity index (χ3v) is 9.22. The van der Waals surface area contributed by atoms with Crippen molar-refractivity contribution in [1.82, 2.24) is 0 Å². The molecule has 0 aromatic rings. The van der Waals surface area contributed by atoms with Crippen LogP contribution in [0.3, 0.4) is 0 Å². The Morgan fingerprint density at radius 3 is 1.04 bits per heavy atom. The maximum absolute atomic E-state index is 6.25. The fourth-order valence-corrected chi connectivity index (χ4v) is 8.33. The molecule has 0 heterocycles. The average Bonchev–Trinajstić information content (AvgIpc) is 2.22. The number of nitrogens with zero attached hydrogens (tertiary/aromatic N) is 2. The molecular formula is C16H42I2N2O2Si2. The Balaban J connectivity index is -0.00000220. The standard InChI is InChI=1S/C16H42N2O2Si2.2HI/c1-17(2,3)11-13-19-21(7,8)15-16-22(9,10)20-14-12-18(4,5)6;;/h11-16H2,1-10H3;2*1H/q+2;;/p-2. The highest BCUT2D eigenvalue weighted by atomic mass is 127. The van der Waals surface area contributed by atoms with Gasteiger partial charge in [-0.25, -0.2) is 0 Å². The summed E-state index contributed by atoms with van der Waals surface area (Å²) in [4.78, 5) is 0. The van der Waals surface area contributed by atoms with E-state index in [1.165, 1.54) is 12.1 Å². The summed E-state index contributed by atoms with van der Waals surface area (Å²) in [5.74, 6) is 0. The van der Waals surface area contributed by atoms with E-state index in [1.807, 2.05) is 0 Å². The lowest BCUT2D eigenvalue weighted by molar-refractivity contribution is -0.870. The van der Waals surface area contributed by atoms with Crippen molar-refractivity contribution in [3.05, 3.63) is 0 Å². The quantitative estimate of drug-likeness (QED) is 0.141. The van der Waals surface area contributed by atoms with Crippen molar-refractivity contribution >= 4 is 16.6 Å². The Hall–Kier alpha value is 1.73. The van der Waals surface area contributed by atoms with Crippen molar-refractivity contribution in [1.29, 1.82) is 0 Å². The molecule has 0 rings (SSSR count). The average molecular weight is 605 g/mol. The molecule has 0 aliphatic carbocycles. The van der Waals surface area contributed by atoms with Gasteiger partial charge in [-0.2, -0.15) is 0 Å². The third-order valence-electron chi connectivity index (χ3n) is 3.84. The van der Waals surface area contributed by atoms with Crippen LogP contribution in [0.15, 0.2) is 0 Å². The van der Waals surface area contributed by atoms with Gasteiger partial charge >= 0.3 is 0 Å². The lowest BCUT2D eigenvalue weighted by Crippen LogP contribution is -3.00. The second-order valence-corrected chi connectivity index (χ2v) is 18.4. The number of halogens is 2. The minimum absolute atomic E-state index is 0. The van der Waals surface area contributed by atoms with Gasteiger partial charge in [0.2, 0.25) is 0 Å². The first-order chi connectivity index (χ1) is 9.62. The molecule has 0 saturated heterocycles. The molecule has 8 heteroatoms. The Bertz CT molecular complexity index is 299. The monoisotopic (exact) mass is 604 g/mol. The maximum Gasteiger partial charge on any atom is 0.186 e. The molecule has 0 N–H and O–H groups in total. The number of quaternary nitrogens is 2. The number of likely N-dealkylation sites (N-methyl/N-ethyl adjacent to an activating group) is 2. The predicted molar refractivity (Wildman–Crippen MR) is 102 cm³/mol. The molecular weight excluding hydrogens is 562 g/mol. The van der Waals surface area contributed by atoms with Gasteiger partial charge in [-0.15, -0.1) is 0 Å². The lowest BCUT2D eigenvalue weighted by Gasteiger charge is -2.31. The van der Waals surface area contributed by atoms with Gasteiger partial charge < -0.3 is 65.8 Å². The van der Waals surface area contributed by atoms with Crippen LogP contribution in [0.2, 0.25) is 38.3 Å². The van der Waals surface area contributed by atoms with Crippen LogP contribution in [0, 0.1) is 0 Å². The van der Waals surface area contributed by atoms with Crippen LogP contribution >= 0.6 is 0 Å². The molecule has 0 aliphatic rings. The highest BCUT2D eigenvalue weighted by Crippen LogP contribution is 2.22. The van der Waals surface area contributed by atoms with Crippen LogP contribution in [-0.2, 0) is 8.85 Å². The fourth-order valence-electron chi connectivity index (χ4n) is 1.94. The van der Waals surface area contributed by atoms with Crippen molar-refractivity contribution in [2.75, 3.05) is 68.6 Å². The van der Waals surface area contributed by atoms with Gasteiger partial charge in [0.1, 0.15) is 13.1 Å². The van der Waals surface area contributed by atoms with Crippen molar-refractivity contribution < 1.29 is 65.8 Å². The SMILES string of the molecule is C[N+](C)(C)CCO[Si](C)(C)CC[Si](C)(C)OCC[N+](C)(C)C.[I-].[I-]. The molecule has 0 spiro atoms. The van der Waals surface area contributed by atoms with Crippen LogP contribution in [-0.4, -0.2) is 94.2 Å². The van der Waals surface area contributed by atoms with E-state index >= 15 is 0 Å². The van der Waals surface area contributed by atoms with Crippen molar-refractivity contribution in [3.63, 3.8) is 0 Å². The van der Waals surface area contributed by atoms with E-state index in [-0.39, 0.29) is 48.0 Å². The first kappa shape index (κ1) is 30.5. The van der Waals surface area contributed by atoms with E-state index in [4.69, 9.17) is 8.85 Å². The van der Waals surface area contributed by atoms with E-state index in [2.05, 4.69) is 68.5 Å². The normalized spacial score (nSPS) is 13.2. The molecule has 0 unspecified atom stereocenters. The second-order valence-electron chi connectivity index (χ2n) is 9.74. The highest BCUT2D eigenvalue weighted by Gasteiger charge is 2.30. The molecule has 4 nitrogen and oxygen atoms in total. The number of hydrogen-bond donors (Lipinski definition) is 0. The summed E-state index contributed by atoms with van der Waals surface area (Å²) in [6.45, 7) is 13.3. The van der Waals surface area contributed by atoms with Gasteiger partial charge in [0.25, 0.3) is 0 Å². The minimum atomic E-state index is -1.55. The minimum Gasteiger partial charge on any atom is -1.00 e. The van der Waals surface area contributed by atoms with Crippen LogP contribution in [0.1, 0.15) is 0 Å². The van der Waals surface area contributed by atoms with Gasteiger partial charge in [-0.05, 0) is 38.3 Å². The molecule has 150 valence electrons. The third kappa shape index (κ3) is 20.1. The molecule has 0 aliphatic heterocycles. The molecule has 0 amide bonds. The van der Waals surface area contributed by atoms with Gasteiger partial charge in [0, 0.05) is 0 Å². The summed E-state index contributed by atoms with van der Waals surface area (Å²) in [6, 6.07) is 2.43. The molecule has 0 aromatic carbocycles. The Morgan fingerprint density at radius 1 is 0.583 bits per heavy atom. The highest BCUT2D eigenvalue weighted by molar-refractivity contribution is 6.76. The van der Waals surface area contributed by atoms with Crippen LogP contribution < -0.4 is 48.0 Å². The summed E-state index contributed by atoms with van der Waals surface area (Å²) in [7, 11) is 10.2. The summed E-state index contributed by atoms with van der Waals surface area (Å²) in [6.07, 6.45) is 0. The Morgan fingerprint density at radius 2 is 0.833 bits per heavy atom.